The van der Waals surface area contributed by atoms with Gasteiger partial charge >= 0.3 is 0 Å². The minimum atomic E-state index is 0.248. The lowest BCUT2D eigenvalue weighted by atomic mass is 10.1. The van der Waals surface area contributed by atoms with Crippen molar-refractivity contribution in [3.05, 3.63) is 67.0 Å². The van der Waals surface area contributed by atoms with Crippen molar-refractivity contribution in [2.24, 2.45) is 5.73 Å². The first-order valence-corrected chi connectivity index (χ1v) is 9.37. The average molecular weight is 401 g/mol. The molecule has 0 bridgehead atoms. The van der Waals surface area contributed by atoms with Gasteiger partial charge in [-0.3, -0.25) is 15.0 Å². The molecule has 0 fully saturated rings. The number of hydrogen-bond donors (Lipinski definition) is 1. The Labute approximate surface area is 173 Å². The highest BCUT2D eigenvalue weighted by atomic mass is 32.1. The number of pyridine rings is 2. The molecule has 0 aliphatic rings. The highest BCUT2D eigenvalue weighted by Crippen LogP contribution is 2.30. The van der Waals surface area contributed by atoms with Crippen LogP contribution in [-0.2, 0) is 0 Å². The Kier molecular flexibility index (Phi) is 5.11. The lowest BCUT2D eigenvalue weighted by Gasteiger charge is -2.29. The van der Waals surface area contributed by atoms with E-state index in [1.165, 1.54) is 0 Å². The van der Waals surface area contributed by atoms with E-state index in [-0.39, 0.29) is 5.11 Å². The van der Waals surface area contributed by atoms with Crippen molar-refractivity contribution in [2.75, 3.05) is 19.1 Å². The first kappa shape index (κ1) is 18.9. The molecule has 29 heavy (non-hydrogen) atoms. The molecule has 0 amide bonds. The standard InChI is InChI=1S/C21H19N7S/c1-27(2)28(21(22)29)14-9-10-15-18(13-14)26-20(17-8-4-6-12-24-17)19(25-15)16-7-3-5-11-23-16/h3-13H,1-2H3,(H2,22,29). The molecule has 4 rings (SSSR count). The van der Waals surface area contributed by atoms with Gasteiger partial charge in [-0.25, -0.2) is 15.0 Å². The second-order valence-corrected chi connectivity index (χ2v) is 6.94. The second-order valence-electron chi connectivity index (χ2n) is 6.52. The normalized spacial score (nSPS) is 11.0. The third kappa shape index (κ3) is 3.75. The van der Waals surface area contributed by atoms with E-state index in [0.717, 1.165) is 22.6 Å². The predicted octanol–water partition coefficient (Wildman–Crippen LogP) is 3.28. The van der Waals surface area contributed by atoms with Crippen LogP contribution in [0, 0.1) is 0 Å². The Morgan fingerprint density at radius 3 is 1.90 bits per heavy atom. The fourth-order valence-corrected chi connectivity index (χ4v) is 3.36. The van der Waals surface area contributed by atoms with Gasteiger partial charge in [-0.15, -0.1) is 0 Å². The summed E-state index contributed by atoms with van der Waals surface area (Å²) in [6.45, 7) is 0. The van der Waals surface area contributed by atoms with Gasteiger partial charge in [-0.1, -0.05) is 12.1 Å². The third-order valence-corrected chi connectivity index (χ3v) is 4.49. The second kappa shape index (κ2) is 7.86. The van der Waals surface area contributed by atoms with Crippen molar-refractivity contribution in [1.29, 1.82) is 0 Å². The largest absolute Gasteiger partial charge is 0.375 e. The summed E-state index contributed by atoms with van der Waals surface area (Å²) < 4.78 is 0. The summed E-state index contributed by atoms with van der Waals surface area (Å²) in [6, 6.07) is 17.1. The molecule has 0 atom stereocenters. The summed E-state index contributed by atoms with van der Waals surface area (Å²) in [5, 5.41) is 3.79. The molecule has 0 saturated carbocycles. The number of nitrogens with two attached hydrogens (primary N) is 1. The molecule has 8 heteroatoms. The van der Waals surface area contributed by atoms with E-state index in [1.54, 1.807) is 17.4 Å². The maximum absolute atomic E-state index is 5.90. The van der Waals surface area contributed by atoms with Crippen molar-refractivity contribution in [2.45, 2.75) is 0 Å². The third-order valence-electron chi connectivity index (χ3n) is 4.32. The van der Waals surface area contributed by atoms with Crippen LogP contribution in [0.15, 0.2) is 67.0 Å². The molecule has 7 nitrogen and oxygen atoms in total. The van der Waals surface area contributed by atoms with Crippen LogP contribution in [0.1, 0.15) is 0 Å². The first-order valence-electron chi connectivity index (χ1n) is 8.96. The minimum absolute atomic E-state index is 0.248. The van der Waals surface area contributed by atoms with Gasteiger partial charge in [-0.2, -0.15) is 0 Å². The molecular formula is C21H19N7S. The molecule has 144 valence electrons. The van der Waals surface area contributed by atoms with Gasteiger partial charge in [-0.05, 0) is 54.7 Å². The summed E-state index contributed by atoms with van der Waals surface area (Å²) in [4.78, 5) is 18.7. The summed E-state index contributed by atoms with van der Waals surface area (Å²) in [7, 11) is 3.75. The van der Waals surface area contributed by atoms with Crippen LogP contribution in [0.25, 0.3) is 33.8 Å². The van der Waals surface area contributed by atoms with E-state index in [1.807, 2.05) is 73.7 Å². The molecule has 0 unspecified atom stereocenters. The van der Waals surface area contributed by atoms with Gasteiger partial charge in [0, 0.05) is 26.5 Å². The van der Waals surface area contributed by atoms with Gasteiger partial charge in [0.2, 0.25) is 0 Å². The Bertz CT molecular complexity index is 1160. The van der Waals surface area contributed by atoms with Crippen molar-refractivity contribution in [3.8, 4) is 22.8 Å². The van der Waals surface area contributed by atoms with Crippen LogP contribution in [-0.4, -0.2) is 44.2 Å². The summed E-state index contributed by atoms with van der Waals surface area (Å²) in [5.74, 6) is 0. The number of rotatable bonds is 4. The molecule has 0 aliphatic heterocycles. The highest BCUT2D eigenvalue weighted by Gasteiger charge is 2.17. The van der Waals surface area contributed by atoms with Crippen molar-refractivity contribution in [3.63, 3.8) is 0 Å². The van der Waals surface area contributed by atoms with E-state index in [2.05, 4.69) is 9.97 Å². The first-order chi connectivity index (χ1) is 14.0. The maximum atomic E-state index is 5.90. The van der Waals surface area contributed by atoms with E-state index in [9.17, 15) is 0 Å². The number of fused-ring (bicyclic) bond motifs is 1. The number of anilines is 1. The summed E-state index contributed by atoms with van der Waals surface area (Å²) in [5.41, 5.74) is 11.0. The number of thiocarbonyl (C=S) groups is 1. The van der Waals surface area contributed by atoms with Crippen LogP contribution >= 0.6 is 12.2 Å². The zero-order valence-corrected chi connectivity index (χ0v) is 16.8. The van der Waals surface area contributed by atoms with E-state index in [4.69, 9.17) is 27.9 Å². The van der Waals surface area contributed by atoms with Crippen molar-refractivity contribution in [1.82, 2.24) is 24.9 Å². The van der Waals surface area contributed by atoms with Gasteiger partial charge in [0.15, 0.2) is 5.11 Å². The van der Waals surface area contributed by atoms with E-state index in [0.29, 0.717) is 16.9 Å². The van der Waals surface area contributed by atoms with Gasteiger partial charge < -0.3 is 5.73 Å². The lowest BCUT2D eigenvalue weighted by molar-refractivity contribution is 0.430. The lowest BCUT2D eigenvalue weighted by Crippen LogP contribution is -2.45. The molecule has 3 aromatic heterocycles. The average Bonchev–Trinajstić information content (AvgIpc) is 2.73. The molecular weight excluding hydrogens is 382 g/mol. The molecule has 2 N–H and O–H groups in total. The highest BCUT2D eigenvalue weighted by molar-refractivity contribution is 7.80. The van der Waals surface area contributed by atoms with E-state index < -0.39 is 0 Å². The molecule has 0 spiro atoms. The monoisotopic (exact) mass is 401 g/mol. The quantitative estimate of drug-likeness (QED) is 0.412. The number of aromatic nitrogens is 4. The summed E-state index contributed by atoms with van der Waals surface area (Å²) in [6.07, 6.45) is 3.48. The maximum Gasteiger partial charge on any atom is 0.185 e. The topological polar surface area (TPSA) is 84.1 Å². The van der Waals surface area contributed by atoms with Gasteiger partial charge in [0.05, 0.1) is 28.1 Å². The molecule has 0 aliphatic carbocycles. The summed E-state index contributed by atoms with van der Waals surface area (Å²) >= 11 is 5.19. The number of benzene rings is 1. The van der Waals surface area contributed by atoms with Crippen molar-refractivity contribution >= 4 is 34.1 Å². The molecule has 3 heterocycles. The van der Waals surface area contributed by atoms with Crippen LogP contribution in [0.2, 0.25) is 0 Å². The zero-order chi connectivity index (χ0) is 20.4. The fourth-order valence-electron chi connectivity index (χ4n) is 3.09. The molecule has 4 aromatic rings. The fraction of sp³-hybridized carbons (Fsp3) is 0.0952. The van der Waals surface area contributed by atoms with E-state index >= 15 is 0 Å². The number of nitrogens with zero attached hydrogens (tertiary/aromatic N) is 6. The van der Waals surface area contributed by atoms with Crippen molar-refractivity contribution < 1.29 is 0 Å². The van der Waals surface area contributed by atoms with Crippen LogP contribution in [0.4, 0.5) is 5.69 Å². The Morgan fingerprint density at radius 1 is 0.828 bits per heavy atom. The number of hydrogen-bond acceptors (Lipinski definition) is 6. The van der Waals surface area contributed by atoms with Gasteiger partial charge in [0.25, 0.3) is 0 Å². The SMILES string of the molecule is CN(C)N(C(N)=S)c1ccc2nc(-c3ccccn3)c(-c3ccccn3)nc2c1. The van der Waals surface area contributed by atoms with Crippen LogP contribution in [0.3, 0.4) is 0 Å². The Morgan fingerprint density at radius 2 is 1.41 bits per heavy atom. The van der Waals surface area contributed by atoms with Gasteiger partial charge in [0.1, 0.15) is 11.4 Å². The smallest absolute Gasteiger partial charge is 0.185 e. The Hall–Kier alpha value is -3.49. The predicted molar refractivity (Wildman–Crippen MR) is 119 cm³/mol. The molecule has 0 saturated heterocycles. The molecule has 0 radical (unpaired) electrons. The molecule has 1 aromatic carbocycles. The Balaban J connectivity index is 1.95. The van der Waals surface area contributed by atoms with Crippen LogP contribution < -0.4 is 10.7 Å². The van der Waals surface area contributed by atoms with Crippen LogP contribution in [0.5, 0.6) is 0 Å². The zero-order valence-electron chi connectivity index (χ0n) is 16.0. The number of hydrazine groups is 1. The minimum Gasteiger partial charge on any atom is -0.375 e.